The summed E-state index contributed by atoms with van der Waals surface area (Å²) < 4.78 is 29.5. The molecule has 1 aromatic rings. The predicted octanol–water partition coefficient (Wildman–Crippen LogP) is 2.33. The number of methoxy groups -OCH3 is 1. The van der Waals surface area contributed by atoms with Crippen LogP contribution < -0.4 is 4.74 Å². The van der Waals surface area contributed by atoms with Crippen LogP contribution in [0.15, 0.2) is 6.20 Å². The van der Waals surface area contributed by atoms with E-state index < -0.39 is 18.0 Å². The van der Waals surface area contributed by atoms with E-state index in [4.69, 9.17) is 5.11 Å². The van der Waals surface area contributed by atoms with E-state index in [9.17, 15) is 13.6 Å². The third-order valence-electron chi connectivity index (χ3n) is 1.65. The van der Waals surface area contributed by atoms with E-state index in [0.717, 1.165) is 6.20 Å². The van der Waals surface area contributed by atoms with Gasteiger partial charge in [0, 0.05) is 9.77 Å². The Labute approximate surface area is 97.4 Å². The molecular formula is C8H6F2INO3. The number of rotatable bonds is 3. The lowest BCUT2D eigenvalue weighted by Crippen LogP contribution is -2.08. The van der Waals surface area contributed by atoms with Gasteiger partial charge >= 0.3 is 5.97 Å². The molecule has 1 heterocycles. The Bertz CT molecular complexity index is 398. The summed E-state index contributed by atoms with van der Waals surface area (Å²) in [5.41, 5.74) is -0.746. The molecule has 0 fully saturated rings. The first-order valence-electron chi connectivity index (χ1n) is 3.72. The summed E-state index contributed by atoms with van der Waals surface area (Å²) in [6.07, 6.45) is -1.84. The molecule has 0 saturated carbocycles. The summed E-state index contributed by atoms with van der Waals surface area (Å²) in [6, 6.07) is 0. The van der Waals surface area contributed by atoms with Gasteiger partial charge < -0.3 is 9.84 Å². The highest BCUT2D eigenvalue weighted by Gasteiger charge is 2.23. The largest absolute Gasteiger partial charge is 0.480 e. The Morgan fingerprint density at radius 2 is 2.27 bits per heavy atom. The van der Waals surface area contributed by atoms with Gasteiger partial charge in [-0.05, 0) is 22.6 Å². The van der Waals surface area contributed by atoms with Crippen LogP contribution in [0.4, 0.5) is 8.78 Å². The maximum atomic E-state index is 12.4. The second-order valence-corrected chi connectivity index (χ2v) is 3.60. The number of alkyl halides is 2. The molecule has 0 radical (unpaired) electrons. The van der Waals surface area contributed by atoms with E-state index >= 15 is 0 Å². The van der Waals surface area contributed by atoms with Crippen LogP contribution >= 0.6 is 22.6 Å². The standard InChI is InChI=1S/C8H6F2INO3/c1-15-7-4(8(13)14)5(11)3(2-12-7)6(9)10/h2,6H,1H3,(H,13,14). The average molecular weight is 329 g/mol. The molecule has 0 saturated heterocycles. The molecule has 0 bridgehead atoms. The van der Waals surface area contributed by atoms with Crippen molar-refractivity contribution in [1.82, 2.24) is 4.98 Å². The van der Waals surface area contributed by atoms with Crippen molar-refractivity contribution in [1.29, 1.82) is 0 Å². The molecule has 0 amide bonds. The molecular weight excluding hydrogens is 323 g/mol. The number of aromatic nitrogens is 1. The molecule has 1 N–H and O–H groups in total. The van der Waals surface area contributed by atoms with Crippen LogP contribution in [-0.4, -0.2) is 23.2 Å². The summed E-state index contributed by atoms with van der Waals surface area (Å²) in [4.78, 5) is 14.3. The zero-order valence-electron chi connectivity index (χ0n) is 7.50. The van der Waals surface area contributed by atoms with Crippen LogP contribution in [0.3, 0.4) is 0 Å². The van der Waals surface area contributed by atoms with Crippen LogP contribution in [0.2, 0.25) is 0 Å². The number of ether oxygens (including phenoxy) is 1. The minimum atomic E-state index is -2.76. The minimum Gasteiger partial charge on any atom is -0.480 e. The number of carbonyl (C=O) groups is 1. The third-order valence-corrected chi connectivity index (χ3v) is 2.81. The maximum Gasteiger partial charge on any atom is 0.342 e. The number of hydrogen-bond acceptors (Lipinski definition) is 3. The van der Waals surface area contributed by atoms with Gasteiger partial charge in [-0.3, -0.25) is 0 Å². The van der Waals surface area contributed by atoms with Crippen LogP contribution in [0.1, 0.15) is 22.3 Å². The Balaban J connectivity index is 3.42. The monoisotopic (exact) mass is 329 g/mol. The summed E-state index contributed by atoms with van der Waals surface area (Å²) >= 11 is 1.54. The van der Waals surface area contributed by atoms with Crippen molar-refractivity contribution in [2.75, 3.05) is 7.11 Å². The van der Waals surface area contributed by atoms with Gasteiger partial charge in [-0.25, -0.2) is 18.6 Å². The van der Waals surface area contributed by atoms with Gasteiger partial charge in [0.1, 0.15) is 5.56 Å². The molecule has 0 aliphatic heterocycles. The Kier molecular flexibility index (Phi) is 3.77. The molecule has 0 unspecified atom stereocenters. The van der Waals surface area contributed by atoms with Crippen molar-refractivity contribution < 1.29 is 23.4 Å². The van der Waals surface area contributed by atoms with Crippen LogP contribution in [0.25, 0.3) is 0 Å². The average Bonchev–Trinajstić information content (AvgIpc) is 2.15. The normalized spacial score (nSPS) is 10.5. The predicted molar refractivity (Wildman–Crippen MR) is 55.4 cm³/mol. The second-order valence-electron chi connectivity index (χ2n) is 2.52. The van der Waals surface area contributed by atoms with Crippen LogP contribution in [0.5, 0.6) is 5.88 Å². The lowest BCUT2D eigenvalue weighted by Gasteiger charge is -2.09. The van der Waals surface area contributed by atoms with Gasteiger partial charge in [-0.1, -0.05) is 0 Å². The SMILES string of the molecule is COc1ncc(C(F)F)c(I)c1C(=O)O. The highest BCUT2D eigenvalue weighted by Crippen LogP contribution is 2.30. The van der Waals surface area contributed by atoms with E-state index in [1.807, 2.05) is 0 Å². The fourth-order valence-electron chi connectivity index (χ4n) is 0.980. The van der Waals surface area contributed by atoms with Crippen LogP contribution in [0, 0.1) is 3.57 Å². The van der Waals surface area contributed by atoms with Crippen molar-refractivity contribution in [3.63, 3.8) is 0 Å². The quantitative estimate of drug-likeness (QED) is 0.865. The lowest BCUT2D eigenvalue weighted by atomic mass is 10.2. The molecule has 15 heavy (non-hydrogen) atoms. The van der Waals surface area contributed by atoms with E-state index in [-0.39, 0.29) is 15.0 Å². The van der Waals surface area contributed by atoms with E-state index in [0.29, 0.717) is 0 Å². The number of carboxylic acid groups (broad SMARTS) is 1. The molecule has 7 heteroatoms. The Hall–Kier alpha value is -0.990. The third kappa shape index (κ3) is 2.33. The number of aromatic carboxylic acids is 1. The van der Waals surface area contributed by atoms with Gasteiger partial charge in [0.2, 0.25) is 5.88 Å². The van der Waals surface area contributed by atoms with E-state index in [1.165, 1.54) is 29.7 Å². The molecule has 1 rings (SSSR count). The Morgan fingerprint density at radius 1 is 1.67 bits per heavy atom. The molecule has 82 valence electrons. The zero-order valence-corrected chi connectivity index (χ0v) is 9.66. The molecule has 0 aromatic carbocycles. The zero-order chi connectivity index (χ0) is 11.6. The summed E-state index contributed by atoms with van der Waals surface area (Å²) in [7, 11) is 1.23. The minimum absolute atomic E-state index is 0.0537. The first-order chi connectivity index (χ1) is 6.99. The molecule has 0 spiro atoms. The van der Waals surface area contributed by atoms with Crippen molar-refractivity contribution in [3.05, 3.63) is 20.9 Å². The number of pyridine rings is 1. The molecule has 0 atom stereocenters. The molecule has 0 aliphatic rings. The van der Waals surface area contributed by atoms with Gasteiger partial charge in [-0.2, -0.15) is 0 Å². The highest BCUT2D eigenvalue weighted by atomic mass is 127. The fraction of sp³-hybridized carbons (Fsp3) is 0.250. The van der Waals surface area contributed by atoms with Crippen molar-refractivity contribution in [2.45, 2.75) is 6.43 Å². The number of carboxylic acids is 1. The summed E-state index contributed by atoms with van der Waals surface area (Å²) in [6.45, 7) is 0. The molecule has 4 nitrogen and oxygen atoms in total. The van der Waals surface area contributed by atoms with Crippen molar-refractivity contribution in [2.24, 2.45) is 0 Å². The van der Waals surface area contributed by atoms with Gasteiger partial charge in [0.15, 0.2) is 0 Å². The maximum absolute atomic E-state index is 12.4. The van der Waals surface area contributed by atoms with E-state index in [2.05, 4.69) is 9.72 Å². The number of hydrogen-bond donors (Lipinski definition) is 1. The first kappa shape index (κ1) is 12.1. The number of halogens is 3. The lowest BCUT2D eigenvalue weighted by molar-refractivity contribution is 0.0690. The van der Waals surface area contributed by atoms with Gasteiger partial charge in [0.05, 0.1) is 12.7 Å². The van der Waals surface area contributed by atoms with Crippen molar-refractivity contribution >= 4 is 28.6 Å². The molecule has 1 aromatic heterocycles. The molecule has 0 aliphatic carbocycles. The van der Waals surface area contributed by atoms with Crippen LogP contribution in [-0.2, 0) is 0 Å². The van der Waals surface area contributed by atoms with E-state index in [1.54, 1.807) is 0 Å². The highest BCUT2D eigenvalue weighted by molar-refractivity contribution is 14.1. The Morgan fingerprint density at radius 3 is 2.67 bits per heavy atom. The first-order valence-corrected chi connectivity index (χ1v) is 4.80. The summed E-state index contributed by atoms with van der Waals surface area (Å²) in [5, 5.41) is 8.81. The van der Waals surface area contributed by atoms with Gasteiger partial charge in [-0.15, -0.1) is 0 Å². The fourth-order valence-corrected chi connectivity index (χ4v) is 1.82. The summed E-state index contributed by atoms with van der Waals surface area (Å²) in [5.74, 6) is -1.51. The topological polar surface area (TPSA) is 59.4 Å². The smallest absolute Gasteiger partial charge is 0.342 e. The van der Waals surface area contributed by atoms with Gasteiger partial charge in [0.25, 0.3) is 6.43 Å². The van der Waals surface area contributed by atoms with Crippen molar-refractivity contribution in [3.8, 4) is 5.88 Å². The number of nitrogens with zero attached hydrogens (tertiary/aromatic N) is 1. The second kappa shape index (κ2) is 4.69.